The average Bonchev–Trinajstić information content (AvgIpc) is 3.26. The number of fused-ring (bicyclic) bond motifs is 1. The van der Waals surface area contributed by atoms with Crippen molar-refractivity contribution in [3.05, 3.63) is 188 Å². The molecule has 0 spiro atoms. The van der Waals surface area contributed by atoms with Crippen LogP contribution in [0.1, 0.15) is 5.56 Å². The third kappa shape index (κ3) is 6.38. The van der Waals surface area contributed by atoms with Gasteiger partial charge < -0.3 is 0 Å². The molecule has 0 atom stereocenters. The van der Waals surface area contributed by atoms with Gasteiger partial charge in [-0.15, -0.1) is 0 Å². The molecule has 0 saturated heterocycles. The monoisotopic (exact) mass is 690 g/mol. The van der Waals surface area contributed by atoms with Gasteiger partial charge in [0, 0.05) is 33.2 Å². The first kappa shape index (κ1) is 32.3. The first-order valence-electron chi connectivity index (χ1n) is 17.6. The molecule has 0 amide bonds. The Morgan fingerprint density at radius 1 is 0.333 bits per heavy atom. The topological polar surface area (TPSA) is 88.2 Å². The van der Waals surface area contributed by atoms with Crippen LogP contribution < -0.4 is 0 Å². The summed E-state index contributed by atoms with van der Waals surface area (Å²) in [5, 5.41) is 10.3. The van der Waals surface area contributed by atoms with Crippen molar-refractivity contribution in [3.63, 3.8) is 0 Å². The van der Waals surface area contributed by atoms with Gasteiger partial charge in [0.2, 0.25) is 0 Å². The van der Waals surface area contributed by atoms with E-state index in [1.54, 1.807) is 0 Å². The molecule has 252 valence electrons. The Bertz CT molecular complexity index is 2810. The molecule has 0 radical (unpaired) electrons. The fraction of sp³-hybridized carbons (Fsp3) is 0. The van der Waals surface area contributed by atoms with E-state index in [0.717, 1.165) is 66.7 Å². The van der Waals surface area contributed by atoms with E-state index in [9.17, 15) is 5.26 Å². The quantitative estimate of drug-likeness (QED) is 0.165. The van der Waals surface area contributed by atoms with Gasteiger partial charge in [-0.3, -0.25) is 0 Å². The second-order valence-electron chi connectivity index (χ2n) is 12.8. The van der Waals surface area contributed by atoms with Crippen molar-refractivity contribution in [2.24, 2.45) is 0 Å². The molecule has 6 heteroatoms. The largest absolute Gasteiger partial charge is 0.228 e. The van der Waals surface area contributed by atoms with E-state index >= 15 is 0 Å². The van der Waals surface area contributed by atoms with E-state index in [1.165, 1.54) is 0 Å². The molecule has 54 heavy (non-hydrogen) atoms. The normalized spacial score (nSPS) is 10.9. The molecule has 6 nitrogen and oxygen atoms in total. The molecule has 0 aliphatic carbocycles. The highest BCUT2D eigenvalue weighted by atomic mass is 15.0. The molecule has 7 aromatic carbocycles. The average molecular weight is 691 g/mol. The Balaban J connectivity index is 1.12. The van der Waals surface area contributed by atoms with Crippen molar-refractivity contribution in [3.8, 4) is 85.1 Å². The van der Waals surface area contributed by atoms with Crippen molar-refractivity contribution in [1.29, 1.82) is 5.26 Å². The third-order valence-electron chi connectivity index (χ3n) is 9.41. The lowest BCUT2D eigenvalue weighted by Gasteiger charge is -2.14. The first-order valence-corrected chi connectivity index (χ1v) is 17.6. The third-order valence-corrected chi connectivity index (χ3v) is 9.41. The molecule has 2 heterocycles. The lowest BCUT2D eigenvalue weighted by molar-refractivity contribution is 1.07. The maximum absolute atomic E-state index is 9.27. The molecule has 9 rings (SSSR count). The highest BCUT2D eigenvalue weighted by Crippen LogP contribution is 2.37. The lowest BCUT2D eigenvalue weighted by atomic mass is 9.95. The number of rotatable bonds is 7. The van der Waals surface area contributed by atoms with Crippen LogP contribution in [0.25, 0.3) is 90.0 Å². The summed E-state index contributed by atoms with van der Waals surface area (Å²) in [6, 6.07) is 62.9. The molecule has 0 bridgehead atoms. The van der Waals surface area contributed by atoms with Crippen molar-refractivity contribution in [2.45, 2.75) is 0 Å². The molecule has 0 fully saturated rings. The van der Waals surface area contributed by atoms with Crippen LogP contribution in [0.4, 0.5) is 0 Å². The highest BCUT2D eigenvalue weighted by molar-refractivity contribution is 5.98. The van der Waals surface area contributed by atoms with E-state index in [1.807, 2.05) is 115 Å². The molecule has 2 aromatic heterocycles. The molecular formula is C48H30N6. The Hall–Kier alpha value is -7.62. The number of nitriles is 1. The van der Waals surface area contributed by atoms with Gasteiger partial charge in [0.1, 0.15) is 0 Å². The van der Waals surface area contributed by atoms with Crippen LogP contribution in [0.2, 0.25) is 0 Å². The van der Waals surface area contributed by atoms with Crippen LogP contribution in [-0.4, -0.2) is 24.9 Å². The SMILES string of the molecule is N#Cc1ccc(-c2cccc(-c3nc(-c4ccccc4)nc(-c4ccc(-c5ccccc5-c5nc(-c6ccccc6)nc6ccccc56)cc4)n3)c2)cc1. The summed E-state index contributed by atoms with van der Waals surface area (Å²) in [6.07, 6.45) is 0. The molecule has 9 aromatic rings. The summed E-state index contributed by atoms with van der Waals surface area (Å²) >= 11 is 0. The van der Waals surface area contributed by atoms with E-state index < -0.39 is 0 Å². The van der Waals surface area contributed by atoms with Crippen molar-refractivity contribution < 1.29 is 0 Å². The molecule has 0 N–H and O–H groups in total. The van der Waals surface area contributed by atoms with E-state index in [0.29, 0.717) is 28.9 Å². The van der Waals surface area contributed by atoms with Crippen LogP contribution in [-0.2, 0) is 0 Å². The Morgan fingerprint density at radius 3 is 1.48 bits per heavy atom. The van der Waals surface area contributed by atoms with E-state index in [-0.39, 0.29) is 0 Å². The summed E-state index contributed by atoms with van der Waals surface area (Å²) in [4.78, 5) is 25.0. The van der Waals surface area contributed by atoms with Crippen LogP contribution in [0, 0.1) is 11.3 Å². The summed E-state index contributed by atoms with van der Waals surface area (Å²) in [7, 11) is 0. The number of aromatic nitrogens is 5. The van der Waals surface area contributed by atoms with Gasteiger partial charge >= 0.3 is 0 Å². The Labute approximate surface area is 312 Å². The van der Waals surface area contributed by atoms with Crippen LogP contribution in [0.15, 0.2) is 182 Å². The molecule has 0 aliphatic rings. The van der Waals surface area contributed by atoms with Gasteiger partial charge in [0.15, 0.2) is 23.3 Å². The number of nitrogens with zero attached hydrogens (tertiary/aromatic N) is 6. The number of hydrogen-bond donors (Lipinski definition) is 0. The van der Waals surface area contributed by atoms with Crippen LogP contribution >= 0.6 is 0 Å². The predicted molar refractivity (Wildman–Crippen MR) is 216 cm³/mol. The minimum atomic E-state index is 0.577. The minimum absolute atomic E-state index is 0.577. The lowest BCUT2D eigenvalue weighted by Crippen LogP contribution is -2.00. The zero-order chi connectivity index (χ0) is 36.3. The zero-order valence-electron chi connectivity index (χ0n) is 29.0. The van der Waals surface area contributed by atoms with Crippen molar-refractivity contribution >= 4 is 10.9 Å². The summed E-state index contributed by atoms with van der Waals surface area (Å²) in [5.74, 6) is 2.45. The minimum Gasteiger partial charge on any atom is -0.228 e. The second-order valence-corrected chi connectivity index (χ2v) is 12.8. The van der Waals surface area contributed by atoms with Crippen LogP contribution in [0.5, 0.6) is 0 Å². The first-order chi connectivity index (χ1) is 26.7. The molecule has 0 aliphatic heterocycles. The smallest absolute Gasteiger partial charge is 0.164 e. The van der Waals surface area contributed by atoms with E-state index in [4.69, 9.17) is 24.9 Å². The van der Waals surface area contributed by atoms with Gasteiger partial charge in [-0.05, 0) is 46.5 Å². The fourth-order valence-electron chi connectivity index (χ4n) is 6.66. The Morgan fingerprint density at radius 2 is 0.815 bits per heavy atom. The highest BCUT2D eigenvalue weighted by Gasteiger charge is 2.17. The number of hydrogen-bond acceptors (Lipinski definition) is 6. The van der Waals surface area contributed by atoms with Gasteiger partial charge in [0.05, 0.1) is 22.8 Å². The number of para-hydroxylation sites is 1. The second kappa shape index (κ2) is 14.2. The summed E-state index contributed by atoms with van der Waals surface area (Å²) in [5.41, 5.74) is 11.2. The van der Waals surface area contributed by atoms with Gasteiger partial charge in [-0.1, -0.05) is 158 Å². The van der Waals surface area contributed by atoms with Crippen molar-refractivity contribution in [1.82, 2.24) is 24.9 Å². The number of benzene rings is 7. The fourth-order valence-corrected chi connectivity index (χ4v) is 6.66. The van der Waals surface area contributed by atoms with Gasteiger partial charge in [-0.25, -0.2) is 24.9 Å². The maximum atomic E-state index is 9.27. The standard InChI is InChI=1S/C48H30N6/c49-31-32-22-24-33(25-23-32)38-16-11-17-39(30-38)48-53-46(36-14-5-2-6-15-36)52-47(54-48)37-28-26-34(27-29-37)40-18-7-8-19-41(40)44-42-20-9-10-21-43(42)50-45(51-44)35-12-3-1-4-13-35/h1-30H. The Kier molecular flexibility index (Phi) is 8.48. The molecule has 0 saturated carbocycles. The van der Waals surface area contributed by atoms with Gasteiger partial charge in [-0.2, -0.15) is 5.26 Å². The van der Waals surface area contributed by atoms with Crippen LogP contribution in [0.3, 0.4) is 0 Å². The maximum Gasteiger partial charge on any atom is 0.164 e. The summed E-state index contributed by atoms with van der Waals surface area (Å²) in [6.45, 7) is 0. The van der Waals surface area contributed by atoms with E-state index in [2.05, 4.69) is 72.8 Å². The molecular weight excluding hydrogens is 661 g/mol. The zero-order valence-corrected chi connectivity index (χ0v) is 29.0. The van der Waals surface area contributed by atoms with Crippen molar-refractivity contribution in [2.75, 3.05) is 0 Å². The van der Waals surface area contributed by atoms with Gasteiger partial charge in [0.25, 0.3) is 0 Å². The molecule has 0 unspecified atom stereocenters. The summed E-state index contributed by atoms with van der Waals surface area (Å²) < 4.78 is 0. The predicted octanol–water partition coefficient (Wildman–Crippen LogP) is 11.4.